The summed E-state index contributed by atoms with van der Waals surface area (Å²) in [6.45, 7) is 9.33. The molecule has 1 aromatic rings. The number of aryl methyl sites for hydroxylation is 1. The summed E-state index contributed by atoms with van der Waals surface area (Å²) >= 11 is 0. The number of hydrogen-bond donors (Lipinski definition) is 1. The van der Waals surface area contributed by atoms with Crippen molar-refractivity contribution in [2.24, 2.45) is 5.41 Å². The summed E-state index contributed by atoms with van der Waals surface area (Å²) in [5, 5.41) is 3.84. The molecule has 1 saturated carbocycles. The Morgan fingerprint density at radius 3 is 2.67 bits per heavy atom. The smallest absolute Gasteiger partial charge is 0.0121 e. The normalized spacial score (nSPS) is 24.1. The molecule has 0 amide bonds. The maximum Gasteiger partial charge on any atom is 0.0121 e. The maximum absolute atomic E-state index is 3.84. The van der Waals surface area contributed by atoms with Crippen molar-refractivity contribution in [1.29, 1.82) is 0 Å². The van der Waals surface area contributed by atoms with Crippen LogP contribution in [0.5, 0.6) is 0 Å². The highest BCUT2D eigenvalue weighted by Crippen LogP contribution is 2.37. The van der Waals surface area contributed by atoms with Crippen LogP contribution in [0.1, 0.15) is 51.2 Å². The maximum atomic E-state index is 3.84. The third kappa shape index (κ3) is 3.14. The van der Waals surface area contributed by atoms with Crippen LogP contribution in [0.4, 0.5) is 0 Å². The third-order valence-electron chi connectivity index (χ3n) is 4.53. The lowest BCUT2D eigenvalue weighted by atomic mass is 9.86. The van der Waals surface area contributed by atoms with Gasteiger partial charge in [0.05, 0.1) is 0 Å². The quantitative estimate of drug-likeness (QED) is 0.842. The number of nitrogens with one attached hydrogen (secondary N) is 1. The first kappa shape index (κ1) is 13.6. The summed E-state index contributed by atoms with van der Waals surface area (Å²) in [5.41, 5.74) is 3.37. The van der Waals surface area contributed by atoms with E-state index < -0.39 is 0 Å². The van der Waals surface area contributed by atoms with Crippen molar-refractivity contribution < 1.29 is 0 Å². The topological polar surface area (TPSA) is 12.0 Å². The molecule has 1 aliphatic carbocycles. The van der Waals surface area contributed by atoms with Gasteiger partial charge in [-0.25, -0.2) is 0 Å². The molecule has 0 aromatic heterocycles. The van der Waals surface area contributed by atoms with Gasteiger partial charge in [0.1, 0.15) is 0 Å². The van der Waals surface area contributed by atoms with Gasteiger partial charge in [0.25, 0.3) is 0 Å². The van der Waals surface area contributed by atoms with Crippen LogP contribution in [-0.2, 0) is 6.42 Å². The van der Waals surface area contributed by atoms with Gasteiger partial charge in [-0.1, -0.05) is 44.5 Å². The molecule has 0 heterocycles. The van der Waals surface area contributed by atoms with Crippen LogP contribution in [0.25, 0.3) is 0 Å². The van der Waals surface area contributed by atoms with Crippen LogP contribution >= 0.6 is 0 Å². The van der Waals surface area contributed by atoms with Gasteiger partial charge in [-0.3, -0.25) is 0 Å². The molecule has 18 heavy (non-hydrogen) atoms. The minimum Gasteiger partial charge on any atom is -0.311 e. The van der Waals surface area contributed by atoms with Crippen LogP contribution in [0.15, 0.2) is 24.3 Å². The Labute approximate surface area is 112 Å². The number of rotatable bonds is 4. The fourth-order valence-electron chi connectivity index (χ4n) is 3.21. The summed E-state index contributed by atoms with van der Waals surface area (Å²) < 4.78 is 0. The van der Waals surface area contributed by atoms with Crippen molar-refractivity contribution in [2.75, 3.05) is 0 Å². The Morgan fingerprint density at radius 2 is 2.06 bits per heavy atom. The molecule has 2 rings (SSSR count). The zero-order chi connectivity index (χ0) is 13.2. The van der Waals surface area contributed by atoms with Crippen molar-refractivity contribution >= 4 is 0 Å². The first-order valence-electron chi connectivity index (χ1n) is 7.29. The van der Waals surface area contributed by atoms with Gasteiger partial charge >= 0.3 is 0 Å². The van der Waals surface area contributed by atoms with E-state index in [9.17, 15) is 0 Å². The van der Waals surface area contributed by atoms with Crippen molar-refractivity contribution in [2.45, 2.75) is 65.5 Å². The minimum absolute atomic E-state index is 0.472. The van der Waals surface area contributed by atoms with Crippen LogP contribution in [0.2, 0.25) is 0 Å². The second kappa shape index (κ2) is 5.44. The van der Waals surface area contributed by atoms with Crippen LogP contribution in [0, 0.1) is 12.3 Å². The number of benzene rings is 1. The summed E-state index contributed by atoms with van der Waals surface area (Å²) in [4.78, 5) is 0. The van der Waals surface area contributed by atoms with Gasteiger partial charge in [0, 0.05) is 12.1 Å². The molecule has 0 aliphatic heterocycles. The fraction of sp³-hybridized carbons (Fsp3) is 0.647. The summed E-state index contributed by atoms with van der Waals surface area (Å²) in [7, 11) is 0. The van der Waals surface area contributed by atoms with Gasteiger partial charge in [-0.2, -0.15) is 0 Å². The van der Waals surface area contributed by atoms with Crippen molar-refractivity contribution in [3.63, 3.8) is 0 Å². The summed E-state index contributed by atoms with van der Waals surface area (Å²) in [5.74, 6) is 0. The van der Waals surface area contributed by atoms with Gasteiger partial charge in [-0.15, -0.1) is 0 Å². The molecule has 0 saturated heterocycles. The van der Waals surface area contributed by atoms with Crippen molar-refractivity contribution in [3.05, 3.63) is 35.4 Å². The molecule has 0 bridgehead atoms. The predicted octanol–water partition coefficient (Wildman–Crippen LogP) is 4.09. The first-order valence-corrected chi connectivity index (χ1v) is 7.29. The van der Waals surface area contributed by atoms with Gasteiger partial charge in [0.15, 0.2) is 0 Å². The Kier molecular flexibility index (Phi) is 4.11. The molecule has 100 valence electrons. The molecule has 1 nitrogen and oxygen atoms in total. The summed E-state index contributed by atoms with van der Waals surface area (Å²) in [6.07, 6.45) is 5.22. The lowest BCUT2D eigenvalue weighted by Gasteiger charge is -2.31. The molecule has 1 heteroatoms. The molecular formula is C17H27N. The van der Waals surface area contributed by atoms with E-state index in [2.05, 4.69) is 57.3 Å². The van der Waals surface area contributed by atoms with E-state index in [1.165, 1.54) is 30.4 Å². The van der Waals surface area contributed by atoms with E-state index in [4.69, 9.17) is 0 Å². The molecule has 1 N–H and O–H groups in total. The first-order chi connectivity index (χ1) is 8.49. The van der Waals surface area contributed by atoms with E-state index in [1.807, 2.05) is 0 Å². The Bertz CT molecular complexity index is 394. The molecule has 1 aliphatic rings. The summed E-state index contributed by atoms with van der Waals surface area (Å²) in [6, 6.07) is 9.99. The molecule has 2 unspecified atom stereocenters. The lowest BCUT2D eigenvalue weighted by Crippen LogP contribution is -2.43. The highest BCUT2D eigenvalue weighted by atomic mass is 15.0. The van der Waals surface area contributed by atoms with E-state index >= 15 is 0 Å². The Morgan fingerprint density at radius 1 is 1.33 bits per heavy atom. The zero-order valence-electron chi connectivity index (χ0n) is 12.3. The highest BCUT2D eigenvalue weighted by molar-refractivity contribution is 5.26. The van der Waals surface area contributed by atoms with E-state index in [0.29, 0.717) is 17.5 Å². The van der Waals surface area contributed by atoms with Crippen LogP contribution < -0.4 is 5.32 Å². The highest BCUT2D eigenvalue weighted by Gasteiger charge is 2.34. The van der Waals surface area contributed by atoms with Crippen molar-refractivity contribution in [1.82, 2.24) is 5.32 Å². The molecule has 1 fully saturated rings. The molecule has 0 spiro atoms. The molecule has 0 radical (unpaired) electrons. The zero-order valence-corrected chi connectivity index (χ0v) is 12.3. The van der Waals surface area contributed by atoms with Crippen LogP contribution in [0.3, 0.4) is 0 Å². The second-order valence-corrected chi connectivity index (χ2v) is 6.63. The molecular weight excluding hydrogens is 218 g/mol. The third-order valence-corrected chi connectivity index (χ3v) is 4.53. The molecule has 1 aromatic carbocycles. The Balaban J connectivity index is 1.93. The molecule has 2 atom stereocenters. The largest absolute Gasteiger partial charge is 0.311 e. The van der Waals surface area contributed by atoms with Gasteiger partial charge in [-0.05, 0) is 49.7 Å². The standard InChI is InChI=1S/C17H27N/c1-13-8-5-6-9-15(13)12-14(2)18-16-10-7-11-17(16,3)4/h5-6,8-9,14,16,18H,7,10-12H2,1-4H3. The Hall–Kier alpha value is -0.820. The van der Waals surface area contributed by atoms with Gasteiger partial charge in [0.2, 0.25) is 0 Å². The van der Waals surface area contributed by atoms with Crippen molar-refractivity contribution in [3.8, 4) is 0 Å². The predicted molar refractivity (Wildman–Crippen MR) is 78.9 cm³/mol. The van der Waals surface area contributed by atoms with E-state index in [0.717, 1.165) is 6.42 Å². The van der Waals surface area contributed by atoms with E-state index in [-0.39, 0.29) is 0 Å². The number of hydrogen-bond acceptors (Lipinski definition) is 1. The lowest BCUT2D eigenvalue weighted by molar-refractivity contribution is 0.265. The monoisotopic (exact) mass is 245 g/mol. The second-order valence-electron chi connectivity index (χ2n) is 6.63. The average Bonchev–Trinajstić information content (AvgIpc) is 2.62. The SMILES string of the molecule is Cc1ccccc1CC(C)NC1CCCC1(C)C. The van der Waals surface area contributed by atoms with Crippen LogP contribution in [-0.4, -0.2) is 12.1 Å². The minimum atomic E-state index is 0.472. The fourth-order valence-corrected chi connectivity index (χ4v) is 3.21. The van der Waals surface area contributed by atoms with Gasteiger partial charge < -0.3 is 5.32 Å². The average molecular weight is 245 g/mol. The van der Waals surface area contributed by atoms with E-state index in [1.54, 1.807) is 0 Å².